The van der Waals surface area contributed by atoms with Gasteiger partial charge in [-0.1, -0.05) is 29.8 Å². The predicted octanol–water partition coefficient (Wildman–Crippen LogP) is 2.31. The van der Waals surface area contributed by atoms with Crippen molar-refractivity contribution in [3.63, 3.8) is 0 Å². The highest BCUT2D eigenvalue weighted by molar-refractivity contribution is 9.10. The second kappa shape index (κ2) is 6.20. The van der Waals surface area contributed by atoms with Crippen LogP contribution in [-0.2, 0) is 0 Å². The maximum absolute atomic E-state index is 11.9. The summed E-state index contributed by atoms with van der Waals surface area (Å²) in [5.74, 6) is -0.233. The molecule has 4 N–H and O–H groups in total. The van der Waals surface area contributed by atoms with E-state index >= 15 is 0 Å². The standard InChI is InChI=1S/C13H19BrN2O2/c1-3-13(18,4-2)8-16-12(17)9-5-10(14)7-11(15)6-9/h5-7,18H,3-4,8,15H2,1-2H3,(H,16,17). The summed E-state index contributed by atoms with van der Waals surface area (Å²) < 4.78 is 0.758. The fourth-order valence-corrected chi connectivity index (χ4v) is 2.10. The molecule has 100 valence electrons. The maximum atomic E-state index is 11.9. The molecular weight excluding hydrogens is 296 g/mol. The number of carbonyl (C=O) groups is 1. The quantitative estimate of drug-likeness (QED) is 0.730. The zero-order chi connectivity index (χ0) is 13.8. The molecule has 0 unspecified atom stereocenters. The van der Waals surface area contributed by atoms with Crippen molar-refractivity contribution in [1.82, 2.24) is 5.32 Å². The van der Waals surface area contributed by atoms with E-state index in [1.54, 1.807) is 18.2 Å². The summed E-state index contributed by atoms with van der Waals surface area (Å²) in [6.07, 6.45) is 1.20. The number of aliphatic hydroxyl groups is 1. The summed E-state index contributed by atoms with van der Waals surface area (Å²) in [7, 11) is 0. The summed E-state index contributed by atoms with van der Waals surface area (Å²) in [6, 6.07) is 5.03. The Morgan fingerprint density at radius 3 is 2.50 bits per heavy atom. The van der Waals surface area contributed by atoms with Crippen molar-refractivity contribution in [2.75, 3.05) is 12.3 Å². The number of rotatable bonds is 5. The van der Waals surface area contributed by atoms with Gasteiger partial charge < -0.3 is 16.2 Å². The van der Waals surface area contributed by atoms with E-state index in [0.29, 0.717) is 24.1 Å². The summed E-state index contributed by atoms with van der Waals surface area (Å²) in [5.41, 5.74) is 5.84. The molecule has 0 atom stereocenters. The first-order valence-corrected chi connectivity index (χ1v) is 6.76. The normalized spacial score (nSPS) is 11.3. The van der Waals surface area contributed by atoms with E-state index < -0.39 is 5.60 Å². The molecule has 0 aliphatic heterocycles. The van der Waals surface area contributed by atoms with Gasteiger partial charge in [-0.25, -0.2) is 0 Å². The first-order valence-electron chi connectivity index (χ1n) is 5.97. The number of halogens is 1. The highest BCUT2D eigenvalue weighted by atomic mass is 79.9. The molecule has 1 amide bonds. The predicted molar refractivity (Wildman–Crippen MR) is 76.4 cm³/mol. The molecule has 1 rings (SSSR count). The van der Waals surface area contributed by atoms with Crippen LogP contribution in [-0.4, -0.2) is 23.2 Å². The van der Waals surface area contributed by atoms with Crippen LogP contribution in [0, 0.1) is 0 Å². The van der Waals surface area contributed by atoms with Gasteiger partial charge in [0.2, 0.25) is 0 Å². The molecule has 0 heterocycles. The van der Waals surface area contributed by atoms with E-state index in [1.807, 2.05) is 13.8 Å². The first-order chi connectivity index (χ1) is 8.40. The number of anilines is 1. The number of amides is 1. The number of benzene rings is 1. The molecule has 0 aromatic heterocycles. The lowest BCUT2D eigenvalue weighted by Gasteiger charge is -2.25. The zero-order valence-electron chi connectivity index (χ0n) is 10.7. The molecule has 0 aliphatic carbocycles. The van der Waals surface area contributed by atoms with Gasteiger partial charge in [0.15, 0.2) is 0 Å². The van der Waals surface area contributed by atoms with Gasteiger partial charge in [0, 0.05) is 22.3 Å². The third kappa shape index (κ3) is 3.99. The van der Waals surface area contributed by atoms with E-state index in [4.69, 9.17) is 5.73 Å². The number of hydrogen-bond acceptors (Lipinski definition) is 3. The van der Waals surface area contributed by atoms with Crippen LogP contribution in [0.25, 0.3) is 0 Å². The molecular formula is C13H19BrN2O2. The number of nitrogens with two attached hydrogens (primary N) is 1. The molecule has 0 spiro atoms. The summed E-state index contributed by atoms with van der Waals surface area (Å²) in [6.45, 7) is 4.03. The highest BCUT2D eigenvalue weighted by Gasteiger charge is 2.23. The molecule has 0 radical (unpaired) electrons. The van der Waals surface area contributed by atoms with Gasteiger partial charge in [0.25, 0.3) is 5.91 Å². The Kier molecular flexibility index (Phi) is 5.16. The van der Waals surface area contributed by atoms with Crippen LogP contribution in [0.3, 0.4) is 0 Å². The lowest BCUT2D eigenvalue weighted by Crippen LogP contribution is -2.42. The van der Waals surface area contributed by atoms with Gasteiger partial charge in [0.05, 0.1) is 5.60 Å². The Balaban J connectivity index is 2.71. The first kappa shape index (κ1) is 15.0. The van der Waals surface area contributed by atoms with Crippen molar-refractivity contribution in [3.8, 4) is 0 Å². The third-order valence-corrected chi connectivity index (χ3v) is 3.53. The summed E-state index contributed by atoms with van der Waals surface area (Å²) in [4.78, 5) is 11.9. The molecule has 0 bridgehead atoms. The molecule has 0 saturated heterocycles. The number of carbonyl (C=O) groups excluding carboxylic acids is 1. The molecule has 4 nitrogen and oxygen atoms in total. The molecule has 18 heavy (non-hydrogen) atoms. The van der Waals surface area contributed by atoms with Crippen molar-refractivity contribution in [1.29, 1.82) is 0 Å². The van der Waals surface area contributed by atoms with Gasteiger partial charge >= 0.3 is 0 Å². The zero-order valence-corrected chi connectivity index (χ0v) is 12.3. The van der Waals surface area contributed by atoms with Crippen LogP contribution in [0.2, 0.25) is 0 Å². The fraction of sp³-hybridized carbons (Fsp3) is 0.462. The lowest BCUT2D eigenvalue weighted by molar-refractivity contribution is 0.0314. The van der Waals surface area contributed by atoms with Gasteiger partial charge in [-0.15, -0.1) is 0 Å². The van der Waals surface area contributed by atoms with Gasteiger partial charge in [-0.05, 0) is 31.0 Å². The van der Waals surface area contributed by atoms with Crippen LogP contribution in [0.4, 0.5) is 5.69 Å². The summed E-state index contributed by atoms with van der Waals surface area (Å²) in [5, 5.41) is 12.8. The average molecular weight is 315 g/mol. The Morgan fingerprint density at radius 1 is 1.39 bits per heavy atom. The third-order valence-electron chi connectivity index (χ3n) is 3.08. The van der Waals surface area contributed by atoms with Crippen molar-refractivity contribution in [2.45, 2.75) is 32.3 Å². The fourth-order valence-electron chi connectivity index (χ4n) is 1.59. The lowest BCUT2D eigenvalue weighted by atomic mass is 9.97. The van der Waals surface area contributed by atoms with E-state index in [9.17, 15) is 9.90 Å². The van der Waals surface area contributed by atoms with E-state index in [2.05, 4.69) is 21.2 Å². The Hall–Kier alpha value is -1.07. The minimum absolute atomic E-state index is 0.233. The van der Waals surface area contributed by atoms with Crippen molar-refractivity contribution in [2.24, 2.45) is 0 Å². The molecule has 5 heteroatoms. The molecule has 0 saturated carbocycles. The number of nitrogens with one attached hydrogen (secondary N) is 1. The topological polar surface area (TPSA) is 75.3 Å². The highest BCUT2D eigenvalue weighted by Crippen LogP contribution is 2.18. The smallest absolute Gasteiger partial charge is 0.251 e. The second-order valence-corrected chi connectivity index (χ2v) is 5.30. The molecule has 1 aromatic rings. The van der Waals surface area contributed by atoms with Crippen LogP contribution in [0.5, 0.6) is 0 Å². The number of hydrogen-bond donors (Lipinski definition) is 3. The van der Waals surface area contributed by atoms with Crippen LogP contribution < -0.4 is 11.1 Å². The average Bonchev–Trinajstić information content (AvgIpc) is 2.34. The Labute approximate surface area is 116 Å². The van der Waals surface area contributed by atoms with Crippen molar-refractivity contribution >= 4 is 27.5 Å². The van der Waals surface area contributed by atoms with E-state index in [1.165, 1.54) is 0 Å². The molecule has 1 aromatic carbocycles. The van der Waals surface area contributed by atoms with Gasteiger partial charge in [-0.2, -0.15) is 0 Å². The van der Waals surface area contributed by atoms with Gasteiger partial charge in [-0.3, -0.25) is 4.79 Å². The monoisotopic (exact) mass is 314 g/mol. The van der Waals surface area contributed by atoms with Gasteiger partial charge in [0.1, 0.15) is 0 Å². The Morgan fingerprint density at radius 2 is 2.00 bits per heavy atom. The van der Waals surface area contributed by atoms with Crippen LogP contribution >= 0.6 is 15.9 Å². The van der Waals surface area contributed by atoms with E-state index in [0.717, 1.165) is 4.47 Å². The SMILES string of the molecule is CCC(O)(CC)CNC(=O)c1cc(N)cc(Br)c1. The molecule has 0 aliphatic rings. The van der Waals surface area contributed by atoms with Crippen molar-refractivity contribution < 1.29 is 9.90 Å². The number of nitrogen functional groups attached to an aromatic ring is 1. The van der Waals surface area contributed by atoms with Crippen molar-refractivity contribution in [3.05, 3.63) is 28.2 Å². The minimum Gasteiger partial charge on any atom is -0.399 e. The van der Waals surface area contributed by atoms with Crippen LogP contribution in [0.15, 0.2) is 22.7 Å². The largest absolute Gasteiger partial charge is 0.399 e. The minimum atomic E-state index is -0.840. The second-order valence-electron chi connectivity index (χ2n) is 4.39. The Bertz CT molecular complexity index is 411. The maximum Gasteiger partial charge on any atom is 0.251 e. The summed E-state index contributed by atoms with van der Waals surface area (Å²) >= 11 is 3.29. The molecule has 0 fully saturated rings. The van der Waals surface area contributed by atoms with E-state index in [-0.39, 0.29) is 12.5 Å². The van der Waals surface area contributed by atoms with Crippen LogP contribution in [0.1, 0.15) is 37.0 Å².